The van der Waals surface area contributed by atoms with Crippen molar-refractivity contribution in [2.24, 2.45) is 0 Å². The summed E-state index contributed by atoms with van der Waals surface area (Å²) < 4.78 is 42.4. The lowest BCUT2D eigenvalue weighted by Crippen LogP contribution is -2.26. The number of nitrogens with zero attached hydrogens (tertiary/aromatic N) is 6. The maximum absolute atomic E-state index is 12.6. The topological polar surface area (TPSA) is 82.6 Å². The fourth-order valence-corrected chi connectivity index (χ4v) is 2.49. The Bertz CT molecular complexity index is 896. The van der Waals surface area contributed by atoms with Gasteiger partial charge in [-0.3, -0.25) is 18.8 Å². The van der Waals surface area contributed by atoms with Gasteiger partial charge in [-0.2, -0.15) is 28.5 Å². The molecular formula is C16H18F3N7O. The molecule has 0 saturated carbocycles. The van der Waals surface area contributed by atoms with Crippen LogP contribution in [0.3, 0.4) is 0 Å². The largest absolute Gasteiger partial charge is 0.435 e. The molecule has 11 heteroatoms. The molecule has 0 aromatic carbocycles. The molecule has 1 N–H and O–H groups in total. The van der Waals surface area contributed by atoms with Gasteiger partial charge in [-0.15, -0.1) is 0 Å². The Morgan fingerprint density at radius 2 is 2.04 bits per heavy atom. The van der Waals surface area contributed by atoms with E-state index in [1.807, 2.05) is 0 Å². The number of aryl methyl sites for hydroxylation is 2. The van der Waals surface area contributed by atoms with Gasteiger partial charge in [-0.05, 0) is 31.5 Å². The summed E-state index contributed by atoms with van der Waals surface area (Å²) in [5.41, 5.74) is -0.227. The van der Waals surface area contributed by atoms with Crippen LogP contribution in [-0.2, 0) is 19.4 Å². The van der Waals surface area contributed by atoms with Gasteiger partial charge in [0.05, 0.1) is 0 Å². The molecule has 3 heterocycles. The monoisotopic (exact) mass is 381 g/mol. The number of amides is 1. The van der Waals surface area contributed by atoms with Gasteiger partial charge in [0.2, 0.25) is 0 Å². The van der Waals surface area contributed by atoms with Crippen molar-refractivity contribution in [1.29, 1.82) is 0 Å². The first-order chi connectivity index (χ1) is 12.8. The van der Waals surface area contributed by atoms with E-state index in [0.29, 0.717) is 25.3 Å². The molecule has 3 aromatic heterocycles. The number of hydrogen-bond acceptors (Lipinski definition) is 4. The Morgan fingerprint density at radius 1 is 1.22 bits per heavy atom. The van der Waals surface area contributed by atoms with E-state index in [1.165, 1.54) is 4.68 Å². The Labute approximate surface area is 152 Å². The fourth-order valence-electron chi connectivity index (χ4n) is 2.49. The number of halogens is 3. The number of rotatable bonds is 7. The molecule has 0 spiro atoms. The second-order valence-corrected chi connectivity index (χ2v) is 5.93. The predicted molar refractivity (Wildman–Crippen MR) is 88.8 cm³/mol. The molecule has 144 valence electrons. The van der Waals surface area contributed by atoms with Gasteiger partial charge in [0.25, 0.3) is 5.91 Å². The molecule has 0 atom stereocenters. The first-order valence-corrected chi connectivity index (χ1v) is 8.23. The van der Waals surface area contributed by atoms with E-state index in [-0.39, 0.29) is 18.1 Å². The summed E-state index contributed by atoms with van der Waals surface area (Å²) in [6.07, 6.45) is 1.08. The number of carbonyl (C=O) groups is 1. The van der Waals surface area contributed by atoms with Crippen molar-refractivity contribution in [3.8, 4) is 0 Å². The van der Waals surface area contributed by atoms with E-state index in [4.69, 9.17) is 0 Å². The van der Waals surface area contributed by atoms with Gasteiger partial charge < -0.3 is 5.32 Å². The molecule has 0 aliphatic heterocycles. The zero-order chi connectivity index (χ0) is 19.4. The Balaban J connectivity index is 1.46. The van der Waals surface area contributed by atoms with Crippen LogP contribution >= 0.6 is 0 Å². The van der Waals surface area contributed by atoms with Crippen molar-refractivity contribution in [1.82, 2.24) is 34.7 Å². The third kappa shape index (κ3) is 4.74. The lowest BCUT2D eigenvalue weighted by molar-refractivity contribution is -0.141. The van der Waals surface area contributed by atoms with Gasteiger partial charge >= 0.3 is 6.18 Å². The number of hydrogen-bond donors (Lipinski definition) is 1. The van der Waals surface area contributed by atoms with Gasteiger partial charge in [0, 0.05) is 37.4 Å². The molecule has 3 rings (SSSR count). The molecule has 0 fully saturated rings. The van der Waals surface area contributed by atoms with Crippen LogP contribution in [0.25, 0.3) is 0 Å². The van der Waals surface area contributed by atoms with E-state index in [2.05, 4.69) is 20.6 Å². The molecule has 0 aliphatic rings. The minimum atomic E-state index is -4.46. The van der Waals surface area contributed by atoms with Crippen LogP contribution < -0.4 is 5.32 Å². The highest BCUT2D eigenvalue weighted by molar-refractivity contribution is 5.92. The molecule has 0 radical (unpaired) electrons. The minimum Gasteiger partial charge on any atom is -0.351 e. The summed E-state index contributed by atoms with van der Waals surface area (Å²) in [6.45, 7) is 2.52. The van der Waals surface area contributed by atoms with Crippen LogP contribution in [0.1, 0.15) is 28.3 Å². The second kappa shape index (κ2) is 7.64. The lowest BCUT2D eigenvalue weighted by Gasteiger charge is -2.06. The lowest BCUT2D eigenvalue weighted by atomic mass is 10.3. The highest BCUT2D eigenvalue weighted by atomic mass is 19.4. The van der Waals surface area contributed by atoms with Crippen molar-refractivity contribution in [3.63, 3.8) is 0 Å². The Hall–Kier alpha value is -3.11. The van der Waals surface area contributed by atoms with Crippen molar-refractivity contribution in [2.45, 2.75) is 32.7 Å². The van der Waals surface area contributed by atoms with Gasteiger partial charge in [0.1, 0.15) is 12.4 Å². The number of alkyl halides is 3. The molecule has 0 bridgehead atoms. The van der Waals surface area contributed by atoms with Gasteiger partial charge in [-0.1, -0.05) is 0 Å². The van der Waals surface area contributed by atoms with E-state index < -0.39 is 11.9 Å². The summed E-state index contributed by atoms with van der Waals surface area (Å²) in [6, 6.07) is 4.38. The third-order valence-corrected chi connectivity index (χ3v) is 3.83. The molecule has 8 nitrogen and oxygen atoms in total. The minimum absolute atomic E-state index is 0.261. The van der Waals surface area contributed by atoms with E-state index in [0.717, 1.165) is 6.07 Å². The highest BCUT2D eigenvalue weighted by Gasteiger charge is 2.34. The zero-order valence-electron chi connectivity index (χ0n) is 14.5. The quantitative estimate of drug-likeness (QED) is 0.634. The summed E-state index contributed by atoms with van der Waals surface area (Å²) >= 11 is 0. The normalized spacial score (nSPS) is 11.7. The molecule has 1 amide bonds. The third-order valence-electron chi connectivity index (χ3n) is 3.83. The molecular weight excluding hydrogens is 363 g/mol. The molecule has 3 aromatic rings. The molecule has 0 saturated heterocycles. The predicted octanol–water partition coefficient (Wildman–Crippen LogP) is 1.93. The van der Waals surface area contributed by atoms with Crippen LogP contribution in [-0.4, -0.2) is 41.8 Å². The number of nitrogens with one attached hydrogen (secondary N) is 1. The molecule has 0 unspecified atom stereocenters. The molecule has 27 heavy (non-hydrogen) atoms. The maximum Gasteiger partial charge on any atom is 0.435 e. The smallest absolute Gasteiger partial charge is 0.351 e. The van der Waals surface area contributed by atoms with E-state index in [1.54, 1.807) is 47.0 Å². The SMILES string of the molecule is Cc1cc(C(F)(F)F)nn1CCCNC(=O)c1ccn(Cn2cccn2)n1. The Kier molecular flexibility index (Phi) is 5.28. The zero-order valence-corrected chi connectivity index (χ0v) is 14.5. The summed E-state index contributed by atoms with van der Waals surface area (Å²) in [5, 5.41) is 14.5. The van der Waals surface area contributed by atoms with Crippen molar-refractivity contribution >= 4 is 5.91 Å². The fraction of sp³-hybridized carbons (Fsp3) is 0.375. The number of aromatic nitrogens is 6. The average molecular weight is 381 g/mol. The first kappa shape index (κ1) is 18.7. The van der Waals surface area contributed by atoms with Crippen molar-refractivity contribution < 1.29 is 18.0 Å². The van der Waals surface area contributed by atoms with Crippen LogP contribution in [0.15, 0.2) is 36.8 Å². The average Bonchev–Trinajstić information content (AvgIpc) is 3.33. The van der Waals surface area contributed by atoms with E-state index in [9.17, 15) is 18.0 Å². The summed E-state index contributed by atoms with van der Waals surface area (Å²) in [5.74, 6) is -0.345. The highest BCUT2D eigenvalue weighted by Crippen LogP contribution is 2.28. The van der Waals surface area contributed by atoms with E-state index >= 15 is 0 Å². The maximum atomic E-state index is 12.6. The van der Waals surface area contributed by atoms with Crippen molar-refractivity contribution in [3.05, 3.63) is 53.9 Å². The first-order valence-electron chi connectivity index (χ1n) is 8.23. The van der Waals surface area contributed by atoms with Crippen molar-refractivity contribution in [2.75, 3.05) is 6.54 Å². The van der Waals surface area contributed by atoms with Crippen LogP contribution in [0.5, 0.6) is 0 Å². The van der Waals surface area contributed by atoms with Crippen LogP contribution in [0.2, 0.25) is 0 Å². The standard InChI is InChI=1S/C16H18F3N7O/c1-12-10-14(16(17,18)19)23-26(12)8-2-5-20-15(27)13-4-9-25(22-13)11-24-7-3-6-21-24/h3-4,6-7,9-10H,2,5,8,11H2,1H3,(H,20,27). The van der Waals surface area contributed by atoms with Gasteiger partial charge in [0.15, 0.2) is 5.69 Å². The van der Waals surface area contributed by atoms with Crippen LogP contribution in [0.4, 0.5) is 13.2 Å². The number of carbonyl (C=O) groups excluding carboxylic acids is 1. The van der Waals surface area contributed by atoms with Gasteiger partial charge in [-0.25, -0.2) is 0 Å². The summed E-state index contributed by atoms with van der Waals surface area (Å²) in [4.78, 5) is 12.1. The second-order valence-electron chi connectivity index (χ2n) is 5.93. The van der Waals surface area contributed by atoms with Crippen LogP contribution in [0, 0.1) is 6.92 Å². The Morgan fingerprint density at radius 3 is 2.70 bits per heavy atom. The summed E-state index contributed by atoms with van der Waals surface area (Å²) in [7, 11) is 0. The molecule has 0 aliphatic carbocycles.